The fraction of sp³-hybridized carbons (Fsp3) is 0. The maximum atomic E-state index is 4.68. The van der Waals surface area contributed by atoms with Crippen LogP contribution in [0.4, 0.5) is 11.4 Å². The van der Waals surface area contributed by atoms with Crippen LogP contribution in [0.15, 0.2) is 91.1 Å². The van der Waals surface area contributed by atoms with Crippen molar-refractivity contribution in [1.82, 2.24) is 20.2 Å². The van der Waals surface area contributed by atoms with Crippen LogP contribution in [0.5, 0.6) is 0 Å². The van der Waals surface area contributed by atoms with E-state index < -0.39 is 0 Å². The van der Waals surface area contributed by atoms with Crippen LogP contribution >= 0.6 is 0 Å². The van der Waals surface area contributed by atoms with Crippen molar-refractivity contribution in [3.05, 3.63) is 91.1 Å². The third-order valence-electron chi connectivity index (χ3n) is 4.57. The van der Waals surface area contributed by atoms with Crippen LogP contribution in [0.1, 0.15) is 0 Å². The number of nitrogens with zero attached hydrogens (tertiary/aromatic N) is 3. The molecule has 5 aromatic rings. The van der Waals surface area contributed by atoms with Gasteiger partial charge in [0, 0.05) is 28.7 Å². The normalized spacial score (nSPS) is 10.9. The highest BCUT2D eigenvalue weighted by Crippen LogP contribution is 2.26. The van der Waals surface area contributed by atoms with E-state index in [1.165, 1.54) is 0 Å². The zero-order valence-corrected chi connectivity index (χ0v) is 15.0. The number of hydrogen-bond donors (Lipinski definition) is 2. The van der Waals surface area contributed by atoms with Gasteiger partial charge in [-0.05, 0) is 48.5 Å². The van der Waals surface area contributed by atoms with Crippen molar-refractivity contribution in [3.8, 4) is 22.6 Å². The number of benzene rings is 3. The van der Waals surface area contributed by atoms with Crippen LogP contribution < -0.4 is 5.32 Å². The van der Waals surface area contributed by atoms with Gasteiger partial charge in [0.25, 0.3) is 0 Å². The summed E-state index contributed by atoms with van der Waals surface area (Å²) in [6.07, 6.45) is 1.68. The fourth-order valence-corrected chi connectivity index (χ4v) is 3.18. The molecule has 5 rings (SSSR count). The van der Waals surface area contributed by atoms with Gasteiger partial charge in [-0.2, -0.15) is 10.2 Å². The number of H-pyrrole nitrogens is 1. The van der Waals surface area contributed by atoms with E-state index in [1.54, 1.807) is 6.20 Å². The van der Waals surface area contributed by atoms with E-state index in [9.17, 15) is 0 Å². The van der Waals surface area contributed by atoms with Crippen molar-refractivity contribution in [3.63, 3.8) is 0 Å². The van der Waals surface area contributed by atoms with Crippen LogP contribution in [0, 0.1) is 0 Å². The molecule has 0 amide bonds. The van der Waals surface area contributed by atoms with Gasteiger partial charge >= 0.3 is 0 Å². The number of aromatic amines is 1. The summed E-state index contributed by atoms with van der Waals surface area (Å²) in [4.78, 5) is 8.06. The third kappa shape index (κ3) is 3.21. The zero-order valence-electron chi connectivity index (χ0n) is 15.0. The first-order valence-electron chi connectivity index (χ1n) is 9.05. The lowest BCUT2D eigenvalue weighted by Crippen LogP contribution is -1.92. The molecule has 0 unspecified atom stereocenters. The van der Waals surface area contributed by atoms with Gasteiger partial charge in [0.2, 0.25) is 0 Å². The molecule has 5 nitrogen and oxygen atoms in total. The molecule has 0 atom stereocenters. The first-order chi connectivity index (χ1) is 13.8. The number of fused-ring (bicyclic) bond motifs is 1. The molecule has 2 N–H and O–H groups in total. The summed E-state index contributed by atoms with van der Waals surface area (Å²) in [7, 11) is 0. The van der Waals surface area contributed by atoms with Crippen LogP contribution in [0.25, 0.3) is 33.7 Å². The van der Waals surface area contributed by atoms with Crippen LogP contribution in [0.3, 0.4) is 0 Å². The molecule has 0 saturated heterocycles. The van der Waals surface area contributed by atoms with Gasteiger partial charge in [-0.15, -0.1) is 0 Å². The zero-order chi connectivity index (χ0) is 18.8. The Morgan fingerprint density at radius 2 is 1.61 bits per heavy atom. The van der Waals surface area contributed by atoms with Gasteiger partial charge in [0.1, 0.15) is 5.82 Å². The van der Waals surface area contributed by atoms with Crippen molar-refractivity contribution < 1.29 is 0 Å². The standard InChI is InChI=1S/C23H17N5/c1-2-8-22-21(7-1)26-23(27-22)17-5-3-6-19(15-17)25-18-12-10-16(11-13-18)20-9-4-14-24-28-20/h1-15,25H,(H,26,27). The Hall–Kier alpha value is -3.99. The number of imidazole rings is 1. The minimum atomic E-state index is 0.862. The quantitative estimate of drug-likeness (QED) is 0.447. The van der Waals surface area contributed by atoms with E-state index in [0.29, 0.717) is 0 Å². The molecule has 0 fully saturated rings. The topological polar surface area (TPSA) is 66.5 Å². The van der Waals surface area contributed by atoms with E-state index >= 15 is 0 Å². The predicted octanol–water partition coefficient (Wildman–Crippen LogP) is 5.43. The van der Waals surface area contributed by atoms with Crippen LogP contribution in [-0.2, 0) is 0 Å². The molecule has 0 spiro atoms. The maximum absolute atomic E-state index is 4.68. The minimum Gasteiger partial charge on any atom is -0.356 e. The molecule has 2 heterocycles. The molecule has 2 aromatic heterocycles. The summed E-state index contributed by atoms with van der Waals surface area (Å²) in [6, 6.07) is 28.3. The molecule has 0 aliphatic heterocycles. The van der Waals surface area contributed by atoms with Gasteiger partial charge < -0.3 is 10.3 Å². The van der Waals surface area contributed by atoms with Crippen molar-refractivity contribution in [2.24, 2.45) is 0 Å². The van der Waals surface area contributed by atoms with E-state index in [0.717, 1.165) is 45.1 Å². The van der Waals surface area contributed by atoms with Gasteiger partial charge in [-0.1, -0.05) is 36.4 Å². The second kappa shape index (κ2) is 6.96. The van der Waals surface area contributed by atoms with Crippen molar-refractivity contribution in [2.45, 2.75) is 0 Å². The highest BCUT2D eigenvalue weighted by atomic mass is 15.1. The molecule has 3 aromatic carbocycles. The Kier molecular flexibility index (Phi) is 4.03. The number of aromatic nitrogens is 4. The van der Waals surface area contributed by atoms with Crippen LogP contribution in [-0.4, -0.2) is 20.2 Å². The molecule has 0 bridgehead atoms. The summed E-state index contributed by atoms with van der Waals surface area (Å²) in [5.74, 6) is 0.864. The fourth-order valence-electron chi connectivity index (χ4n) is 3.18. The summed E-state index contributed by atoms with van der Waals surface area (Å²) in [5.41, 5.74) is 6.96. The molecule has 0 radical (unpaired) electrons. The molecule has 5 heteroatoms. The first-order valence-corrected chi connectivity index (χ1v) is 9.05. The lowest BCUT2D eigenvalue weighted by molar-refractivity contribution is 1.04. The number of anilines is 2. The SMILES string of the molecule is c1cc(Nc2ccc(-c3cccnn3)cc2)cc(-c2nc3ccccc3[nH]2)c1. The molecule has 0 aliphatic carbocycles. The summed E-state index contributed by atoms with van der Waals surface area (Å²) >= 11 is 0. The Morgan fingerprint density at radius 3 is 2.43 bits per heavy atom. The predicted molar refractivity (Wildman–Crippen MR) is 112 cm³/mol. The monoisotopic (exact) mass is 363 g/mol. The average molecular weight is 363 g/mol. The van der Waals surface area contributed by atoms with Crippen molar-refractivity contribution in [2.75, 3.05) is 5.32 Å². The lowest BCUT2D eigenvalue weighted by Gasteiger charge is -2.08. The molecular formula is C23H17N5. The van der Waals surface area contributed by atoms with Gasteiger partial charge in [0.15, 0.2) is 0 Å². The number of nitrogens with one attached hydrogen (secondary N) is 2. The summed E-state index contributed by atoms with van der Waals surface area (Å²) in [6.45, 7) is 0. The molecule has 0 saturated carbocycles. The van der Waals surface area contributed by atoms with E-state index in [1.807, 2.05) is 72.8 Å². The minimum absolute atomic E-state index is 0.862. The second-order valence-electron chi connectivity index (χ2n) is 6.49. The smallest absolute Gasteiger partial charge is 0.138 e. The van der Waals surface area contributed by atoms with Crippen molar-refractivity contribution in [1.29, 1.82) is 0 Å². The number of rotatable bonds is 4. The van der Waals surface area contributed by atoms with Gasteiger partial charge in [0.05, 0.1) is 16.7 Å². The van der Waals surface area contributed by atoms with Crippen LogP contribution in [0.2, 0.25) is 0 Å². The Bertz CT molecular complexity index is 1190. The highest BCUT2D eigenvalue weighted by molar-refractivity contribution is 5.80. The van der Waals surface area contributed by atoms with E-state index in [2.05, 4.69) is 37.6 Å². The lowest BCUT2D eigenvalue weighted by atomic mass is 10.1. The number of para-hydroxylation sites is 2. The first kappa shape index (κ1) is 16.2. The van der Waals surface area contributed by atoms with E-state index in [-0.39, 0.29) is 0 Å². The highest BCUT2D eigenvalue weighted by Gasteiger charge is 2.06. The molecule has 0 aliphatic rings. The Labute approximate surface area is 162 Å². The summed E-state index contributed by atoms with van der Waals surface area (Å²) < 4.78 is 0. The van der Waals surface area contributed by atoms with Gasteiger partial charge in [-0.3, -0.25) is 0 Å². The van der Waals surface area contributed by atoms with Crippen molar-refractivity contribution >= 4 is 22.4 Å². The number of hydrogen-bond acceptors (Lipinski definition) is 4. The Morgan fingerprint density at radius 1 is 0.714 bits per heavy atom. The Balaban J connectivity index is 1.39. The third-order valence-corrected chi connectivity index (χ3v) is 4.57. The second-order valence-corrected chi connectivity index (χ2v) is 6.49. The average Bonchev–Trinajstić information content (AvgIpc) is 3.20. The molecule has 28 heavy (non-hydrogen) atoms. The van der Waals surface area contributed by atoms with Gasteiger partial charge in [-0.25, -0.2) is 4.98 Å². The maximum Gasteiger partial charge on any atom is 0.138 e. The summed E-state index contributed by atoms with van der Waals surface area (Å²) in [5, 5.41) is 11.5. The van der Waals surface area contributed by atoms with E-state index in [4.69, 9.17) is 0 Å². The largest absolute Gasteiger partial charge is 0.356 e. The molecule has 134 valence electrons. The molecular weight excluding hydrogens is 346 g/mol.